The average Bonchev–Trinajstić information content (AvgIpc) is 2.38. The first-order valence-electron chi connectivity index (χ1n) is 6.30. The van der Waals surface area contributed by atoms with E-state index >= 15 is 0 Å². The highest BCUT2D eigenvalue weighted by Gasteiger charge is 2.22. The zero-order valence-electron chi connectivity index (χ0n) is 11.5. The molecule has 1 N–H and O–H groups in total. The zero-order valence-corrected chi connectivity index (χ0v) is 13.0. The second-order valence-electron chi connectivity index (χ2n) is 4.48. The van der Waals surface area contributed by atoms with Gasteiger partial charge in [0.05, 0.1) is 15.5 Å². The standard InChI is InChI=1S/C13H18ClNO4S/c1-3-4-5-8-15(2)20(18,19)10-6-7-11(13(16)17)12(14)9-10/h6-7,9H,3-5,8H2,1-2H3,(H,16,17). The molecule has 0 radical (unpaired) electrons. The molecule has 0 aliphatic heterocycles. The number of hydrogen-bond donors (Lipinski definition) is 1. The van der Waals surface area contributed by atoms with E-state index in [-0.39, 0.29) is 15.5 Å². The van der Waals surface area contributed by atoms with Crippen LogP contribution in [-0.2, 0) is 10.0 Å². The summed E-state index contributed by atoms with van der Waals surface area (Å²) in [5.41, 5.74) is -0.112. The molecule has 112 valence electrons. The molecule has 0 amide bonds. The maximum absolute atomic E-state index is 12.3. The third kappa shape index (κ3) is 3.94. The van der Waals surface area contributed by atoms with Gasteiger partial charge < -0.3 is 5.11 Å². The van der Waals surface area contributed by atoms with E-state index in [1.54, 1.807) is 0 Å². The molecule has 0 aliphatic carbocycles. The number of carboxylic acid groups (broad SMARTS) is 1. The maximum atomic E-state index is 12.3. The Morgan fingerprint density at radius 3 is 2.50 bits per heavy atom. The molecule has 0 saturated carbocycles. The molecule has 0 atom stereocenters. The molecule has 0 bridgehead atoms. The molecule has 0 unspecified atom stereocenters. The van der Waals surface area contributed by atoms with Gasteiger partial charge in [-0.2, -0.15) is 0 Å². The normalized spacial score (nSPS) is 11.8. The highest BCUT2D eigenvalue weighted by atomic mass is 35.5. The quantitative estimate of drug-likeness (QED) is 0.784. The van der Waals surface area contributed by atoms with E-state index in [4.69, 9.17) is 16.7 Å². The van der Waals surface area contributed by atoms with Crippen LogP contribution in [0.4, 0.5) is 0 Å². The van der Waals surface area contributed by atoms with Crippen LogP contribution in [0, 0.1) is 0 Å². The zero-order chi connectivity index (χ0) is 15.3. The topological polar surface area (TPSA) is 74.7 Å². The predicted octanol–water partition coefficient (Wildman–Crippen LogP) is 2.85. The molecule has 0 heterocycles. The largest absolute Gasteiger partial charge is 0.478 e. The second-order valence-corrected chi connectivity index (χ2v) is 6.93. The van der Waals surface area contributed by atoms with Gasteiger partial charge in [-0.25, -0.2) is 17.5 Å². The van der Waals surface area contributed by atoms with Gasteiger partial charge in [-0.3, -0.25) is 0 Å². The molecule has 5 nitrogen and oxygen atoms in total. The van der Waals surface area contributed by atoms with Crippen molar-refractivity contribution in [3.8, 4) is 0 Å². The minimum atomic E-state index is -3.63. The smallest absolute Gasteiger partial charge is 0.337 e. The van der Waals surface area contributed by atoms with E-state index < -0.39 is 16.0 Å². The predicted molar refractivity (Wildman–Crippen MR) is 77.8 cm³/mol. The van der Waals surface area contributed by atoms with Crippen LogP contribution < -0.4 is 0 Å². The van der Waals surface area contributed by atoms with Crippen LogP contribution in [0.5, 0.6) is 0 Å². The third-order valence-corrected chi connectivity index (χ3v) is 5.12. The van der Waals surface area contributed by atoms with Crippen LogP contribution in [0.25, 0.3) is 0 Å². The molecule has 0 saturated heterocycles. The summed E-state index contributed by atoms with van der Waals surface area (Å²) in [6.07, 6.45) is 2.75. The molecule has 20 heavy (non-hydrogen) atoms. The minimum Gasteiger partial charge on any atom is -0.478 e. The van der Waals surface area contributed by atoms with Gasteiger partial charge in [0.25, 0.3) is 0 Å². The molecule has 0 fully saturated rings. The molecule has 1 aromatic carbocycles. The van der Waals surface area contributed by atoms with Crippen LogP contribution in [-0.4, -0.2) is 37.4 Å². The summed E-state index contributed by atoms with van der Waals surface area (Å²) in [5.74, 6) is -1.18. The summed E-state index contributed by atoms with van der Waals surface area (Å²) in [6, 6.07) is 3.65. The molecule has 1 rings (SSSR count). The lowest BCUT2D eigenvalue weighted by molar-refractivity contribution is 0.0697. The van der Waals surface area contributed by atoms with Crippen LogP contribution in [0.2, 0.25) is 5.02 Å². The van der Waals surface area contributed by atoms with Crippen molar-refractivity contribution in [3.63, 3.8) is 0 Å². The third-order valence-electron chi connectivity index (χ3n) is 2.96. The van der Waals surface area contributed by atoms with Crippen LogP contribution in [0.15, 0.2) is 23.1 Å². The Labute approximate surface area is 124 Å². The summed E-state index contributed by atoms with van der Waals surface area (Å²) < 4.78 is 25.8. The molecule has 0 aliphatic rings. The lowest BCUT2D eigenvalue weighted by atomic mass is 10.2. The van der Waals surface area contributed by atoms with Crippen molar-refractivity contribution in [1.82, 2.24) is 4.31 Å². The van der Waals surface area contributed by atoms with Crippen molar-refractivity contribution < 1.29 is 18.3 Å². The van der Waals surface area contributed by atoms with Crippen molar-refractivity contribution in [2.45, 2.75) is 31.1 Å². The highest BCUT2D eigenvalue weighted by Crippen LogP contribution is 2.23. The van der Waals surface area contributed by atoms with E-state index in [2.05, 4.69) is 0 Å². The lowest BCUT2D eigenvalue weighted by Crippen LogP contribution is -2.28. The Bertz CT molecular complexity index is 586. The molecule has 0 aromatic heterocycles. The number of carbonyl (C=O) groups is 1. The van der Waals surface area contributed by atoms with Gasteiger partial charge in [-0.05, 0) is 24.6 Å². The van der Waals surface area contributed by atoms with Crippen molar-refractivity contribution in [2.24, 2.45) is 0 Å². The molecule has 0 spiro atoms. The van der Waals surface area contributed by atoms with Crippen LogP contribution >= 0.6 is 11.6 Å². The second kappa shape index (κ2) is 7.06. The van der Waals surface area contributed by atoms with Crippen LogP contribution in [0.3, 0.4) is 0 Å². The Morgan fingerprint density at radius 1 is 1.35 bits per heavy atom. The number of nitrogens with zero attached hydrogens (tertiary/aromatic N) is 1. The number of hydrogen-bond acceptors (Lipinski definition) is 3. The fourth-order valence-electron chi connectivity index (χ4n) is 1.71. The Hall–Kier alpha value is -1.11. The SMILES string of the molecule is CCCCCN(C)S(=O)(=O)c1ccc(C(=O)O)c(Cl)c1. The van der Waals surface area contributed by atoms with Crippen molar-refractivity contribution in [3.05, 3.63) is 28.8 Å². The number of rotatable bonds is 7. The molecular formula is C13H18ClNO4S. The fraction of sp³-hybridized carbons (Fsp3) is 0.462. The van der Waals surface area contributed by atoms with E-state index in [1.807, 2.05) is 6.92 Å². The first-order chi connectivity index (χ1) is 9.30. The highest BCUT2D eigenvalue weighted by molar-refractivity contribution is 7.89. The van der Waals surface area contributed by atoms with E-state index in [1.165, 1.54) is 29.6 Å². The summed E-state index contributed by atoms with van der Waals surface area (Å²) in [6.45, 7) is 2.47. The number of aromatic carboxylic acids is 1. The monoisotopic (exact) mass is 319 g/mol. The number of sulfonamides is 1. The van der Waals surface area contributed by atoms with Gasteiger partial charge in [-0.15, -0.1) is 0 Å². The fourth-order valence-corrected chi connectivity index (χ4v) is 3.28. The summed E-state index contributed by atoms with van der Waals surface area (Å²) in [7, 11) is -2.12. The van der Waals surface area contributed by atoms with Gasteiger partial charge in [0.2, 0.25) is 10.0 Å². The Kier molecular flexibility index (Phi) is 5.98. The Balaban J connectivity index is 2.98. The van der Waals surface area contributed by atoms with Crippen LogP contribution in [0.1, 0.15) is 36.5 Å². The first-order valence-corrected chi connectivity index (χ1v) is 8.11. The number of unbranched alkanes of at least 4 members (excludes halogenated alkanes) is 2. The van der Waals surface area contributed by atoms with Crippen molar-refractivity contribution in [1.29, 1.82) is 0 Å². The number of halogens is 1. The molecule has 1 aromatic rings. The molecular weight excluding hydrogens is 302 g/mol. The average molecular weight is 320 g/mol. The van der Waals surface area contributed by atoms with Gasteiger partial charge >= 0.3 is 5.97 Å². The van der Waals surface area contributed by atoms with Gasteiger partial charge in [0.1, 0.15) is 0 Å². The van der Waals surface area contributed by atoms with Crippen molar-refractivity contribution in [2.75, 3.05) is 13.6 Å². The first kappa shape index (κ1) is 16.9. The van der Waals surface area contributed by atoms with Gasteiger partial charge in [0.15, 0.2) is 0 Å². The summed E-state index contributed by atoms with van der Waals surface area (Å²) in [4.78, 5) is 10.9. The summed E-state index contributed by atoms with van der Waals surface area (Å²) >= 11 is 5.80. The number of carboxylic acids is 1. The van der Waals surface area contributed by atoms with Gasteiger partial charge in [0, 0.05) is 13.6 Å². The van der Waals surface area contributed by atoms with Gasteiger partial charge in [-0.1, -0.05) is 31.4 Å². The maximum Gasteiger partial charge on any atom is 0.337 e. The van der Waals surface area contributed by atoms with E-state index in [9.17, 15) is 13.2 Å². The van der Waals surface area contributed by atoms with E-state index in [0.717, 1.165) is 19.3 Å². The minimum absolute atomic E-state index is 0.00602. The van der Waals surface area contributed by atoms with Crippen molar-refractivity contribution >= 4 is 27.6 Å². The Morgan fingerprint density at radius 2 is 2.00 bits per heavy atom. The lowest BCUT2D eigenvalue weighted by Gasteiger charge is -2.17. The summed E-state index contributed by atoms with van der Waals surface area (Å²) in [5, 5.41) is 8.78. The molecule has 7 heteroatoms. The van der Waals surface area contributed by atoms with E-state index in [0.29, 0.717) is 6.54 Å². The number of benzene rings is 1.